The Morgan fingerprint density at radius 1 is 1.03 bits per heavy atom. The van der Waals surface area contributed by atoms with Crippen molar-refractivity contribution in [1.29, 1.82) is 0 Å². The van der Waals surface area contributed by atoms with Crippen LogP contribution in [0, 0.1) is 0 Å². The molecule has 2 atom stereocenters. The minimum absolute atomic E-state index is 0.311. The third-order valence-corrected chi connectivity index (χ3v) is 6.29. The molecule has 2 aliphatic heterocycles. The molecule has 0 spiro atoms. The maximum atomic E-state index is 9.40. The summed E-state index contributed by atoms with van der Waals surface area (Å²) >= 11 is 0. The van der Waals surface area contributed by atoms with E-state index in [1.165, 1.54) is 17.5 Å². The number of likely N-dealkylation sites (tertiary alicyclic amines) is 1. The summed E-state index contributed by atoms with van der Waals surface area (Å²) in [5.74, 6) is 1.20. The van der Waals surface area contributed by atoms with Crippen LogP contribution in [0.5, 0.6) is 5.75 Å². The van der Waals surface area contributed by atoms with Gasteiger partial charge in [0.05, 0.1) is 5.69 Å². The Kier molecular flexibility index (Phi) is 5.47. The number of hydrogen-bond donors (Lipinski definition) is 2. The molecular formula is C25H28N4O. The van der Waals surface area contributed by atoms with E-state index in [2.05, 4.69) is 39.5 Å². The average Bonchev–Trinajstić information content (AvgIpc) is 3.39. The van der Waals surface area contributed by atoms with Crippen LogP contribution in [0.3, 0.4) is 0 Å². The highest BCUT2D eigenvalue weighted by molar-refractivity contribution is 5.59. The number of piperazine rings is 1. The monoisotopic (exact) mass is 400 g/mol. The summed E-state index contributed by atoms with van der Waals surface area (Å²) in [5, 5.41) is 13.0. The van der Waals surface area contributed by atoms with E-state index in [-0.39, 0.29) is 0 Å². The van der Waals surface area contributed by atoms with Crippen LogP contribution in [0.1, 0.15) is 29.8 Å². The molecule has 2 N–H and O–H groups in total. The second kappa shape index (κ2) is 8.54. The number of aromatic hydroxyl groups is 1. The van der Waals surface area contributed by atoms with E-state index in [4.69, 9.17) is 4.98 Å². The highest BCUT2D eigenvalue weighted by Gasteiger charge is 2.37. The smallest absolute Gasteiger partial charge is 0.128 e. The van der Waals surface area contributed by atoms with Gasteiger partial charge in [0, 0.05) is 49.9 Å². The van der Waals surface area contributed by atoms with Gasteiger partial charge in [-0.05, 0) is 54.7 Å². The van der Waals surface area contributed by atoms with E-state index < -0.39 is 0 Å². The zero-order valence-electron chi connectivity index (χ0n) is 17.2. The summed E-state index contributed by atoms with van der Waals surface area (Å²) in [7, 11) is 0. The van der Waals surface area contributed by atoms with Gasteiger partial charge in [-0.25, -0.2) is 9.97 Å². The molecule has 5 rings (SSSR count). The third-order valence-electron chi connectivity index (χ3n) is 6.29. The van der Waals surface area contributed by atoms with E-state index in [1.807, 2.05) is 24.4 Å². The zero-order valence-corrected chi connectivity index (χ0v) is 17.2. The molecule has 2 saturated heterocycles. The first-order chi connectivity index (χ1) is 14.7. The van der Waals surface area contributed by atoms with Crippen LogP contribution in [0.4, 0.5) is 0 Å². The lowest BCUT2D eigenvalue weighted by Gasteiger charge is -2.27. The van der Waals surface area contributed by atoms with Crippen molar-refractivity contribution in [2.24, 2.45) is 0 Å². The molecule has 154 valence electrons. The standard InChI is InChI=1S/C25H28N4O/c30-23-9-7-18(8-10-23)3-2-6-25-26-12-11-24(28-25)20-5-1-4-19(13-20)16-29-17-21-14-22(29)15-27-21/h1,4-5,7-13,21-22,27,30H,2-3,6,14-17H2. The number of nitrogens with zero attached hydrogens (tertiary/aromatic N) is 3. The van der Waals surface area contributed by atoms with Crippen molar-refractivity contribution in [1.82, 2.24) is 20.2 Å². The number of benzene rings is 2. The molecule has 2 aliphatic rings. The van der Waals surface area contributed by atoms with E-state index in [9.17, 15) is 5.11 Å². The lowest BCUT2D eigenvalue weighted by Crippen LogP contribution is -2.42. The van der Waals surface area contributed by atoms with Crippen LogP contribution in [0.15, 0.2) is 60.8 Å². The molecule has 3 heterocycles. The van der Waals surface area contributed by atoms with Crippen molar-refractivity contribution in [2.75, 3.05) is 13.1 Å². The minimum atomic E-state index is 0.311. The Bertz CT molecular complexity index is 1000. The van der Waals surface area contributed by atoms with Crippen LogP contribution in [-0.2, 0) is 19.4 Å². The average molecular weight is 401 g/mol. The van der Waals surface area contributed by atoms with Crippen molar-refractivity contribution in [3.8, 4) is 17.0 Å². The number of aryl methyl sites for hydroxylation is 2. The van der Waals surface area contributed by atoms with E-state index in [0.29, 0.717) is 17.8 Å². The van der Waals surface area contributed by atoms with Gasteiger partial charge in [0.2, 0.25) is 0 Å². The molecule has 5 nitrogen and oxygen atoms in total. The fourth-order valence-electron chi connectivity index (χ4n) is 4.70. The predicted molar refractivity (Wildman–Crippen MR) is 118 cm³/mol. The third kappa shape index (κ3) is 4.37. The van der Waals surface area contributed by atoms with Gasteiger partial charge in [-0.3, -0.25) is 4.90 Å². The Morgan fingerprint density at radius 2 is 1.93 bits per heavy atom. The van der Waals surface area contributed by atoms with E-state index in [1.54, 1.807) is 12.1 Å². The van der Waals surface area contributed by atoms with Gasteiger partial charge in [-0.1, -0.05) is 30.3 Å². The number of hydrogen-bond acceptors (Lipinski definition) is 5. The van der Waals surface area contributed by atoms with Crippen molar-refractivity contribution in [3.05, 3.63) is 77.7 Å². The highest BCUT2D eigenvalue weighted by Crippen LogP contribution is 2.26. The summed E-state index contributed by atoms with van der Waals surface area (Å²) in [4.78, 5) is 11.9. The van der Waals surface area contributed by atoms with Crippen LogP contribution in [0.25, 0.3) is 11.3 Å². The van der Waals surface area contributed by atoms with Gasteiger partial charge < -0.3 is 10.4 Å². The Balaban J connectivity index is 1.23. The molecule has 0 amide bonds. The number of nitrogens with one attached hydrogen (secondary N) is 1. The zero-order chi connectivity index (χ0) is 20.3. The largest absolute Gasteiger partial charge is 0.508 e. The van der Waals surface area contributed by atoms with Gasteiger partial charge in [-0.2, -0.15) is 0 Å². The van der Waals surface area contributed by atoms with Crippen LogP contribution in [-0.4, -0.2) is 45.1 Å². The van der Waals surface area contributed by atoms with Gasteiger partial charge >= 0.3 is 0 Å². The Morgan fingerprint density at radius 3 is 2.73 bits per heavy atom. The van der Waals surface area contributed by atoms with Crippen molar-refractivity contribution in [3.63, 3.8) is 0 Å². The molecule has 3 aromatic rings. The molecule has 2 aromatic carbocycles. The molecule has 0 saturated carbocycles. The van der Waals surface area contributed by atoms with Crippen LogP contribution < -0.4 is 5.32 Å². The van der Waals surface area contributed by atoms with Crippen LogP contribution in [0.2, 0.25) is 0 Å². The lowest BCUT2D eigenvalue weighted by atomic mass is 10.1. The molecule has 30 heavy (non-hydrogen) atoms. The molecule has 2 fully saturated rings. The van der Waals surface area contributed by atoms with E-state index in [0.717, 1.165) is 56.0 Å². The summed E-state index contributed by atoms with van der Waals surface area (Å²) < 4.78 is 0. The predicted octanol–water partition coefficient (Wildman–Crippen LogP) is 3.57. The fraction of sp³-hybridized carbons (Fsp3) is 0.360. The maximum Gasteiger partial charge on any atom is 0.128 e. The number of aromatic nitrogens is 2. The molecular weight excluding hydrogens is 372 g/mol. The normalized spacial score (nSPS) is 20.7. The molecule has 0 radical (unpaired) electrons. The number of phenols is 1. The highest BCUT2D eigenvalue weighted by atomic mass is 16.3. The Hall–Kier alpha value is -2.76. The molecule has 2 unspecified atom stereocenters. The maximum absolute atomic E-state index is 9.40. The molecule has 1 aromatic heterocycles. The van der Waals surface area contributed by atoms with Crippen molar-refractivity contribution in [2.45, 2.75) is 44.3 Å². The lowest BCUT2D eigenvalue weighted by molar-refractivity contribution is 0.218. The summed E-state index contributed by atoms with van der Waals surface area (Å²) in [6.07, 6.45) is 5.95. The van der Waals surface area contributed by atoms with Gasteiger partial charge in [0.15, 0.2) is 0 Å². The summed E-state index contributed by atoms with van der Waals surface area (Å²) in [6.45, 7) is 3.30. The second-order valence-electron chi connectivity index (χ2n) is 8.50. The number of fused-ring (bicyclic) bond motifs is 2. The first-order valence-electron chi connectivity index (χ1n) is 10.9. The second-order valence-corrected chi connectivity index (χ2v) is 8.50. The first kappa shape index (κ1) is 19.2. The molecule has 5 heteroatoms. The Labute approximate surface area is 177 Å². The SMILES string of the molecule is Oc1ccc(CCCc2nccc(-c3cccc(CN4CC5CC4CN5)c3)n2)cc1. The van der Waals surface area contributed by atoms with Crippen LogP contribution >= 0.6 is 0 Å². The van der Waals surface area contributed by atoms with E-state index >= 15 is 0 Å². The first-order valence-corrected chi connectivity index (χ1v) is 10.9. The molecule has 2 bridgehead atoms. The van der Waals surface area contributed by atoms with Crippen molar-refractivity contribution >= 4 is 0 Å². The molecule has 0 aliphatic carbocycles. The number of rotatable bonds is 7. The van der Waals surface area contributed by atoms with Crippen molar-refractivity contribution < 1.29 is 5.11 Å². The number of phenolic OH excluding ortho intramolecular Hbond substituents is 1. The van der Waals surface area contributed by atoms with Gasteiger partial charge in [0.25, 0.3) is 0 Å². The summed E-state index contributed by atoms with van der Waals surface area (Å²) in [6, 6.07) is 19.6. The van der Waals surface area contributed by atoms with Gasteiger partial charge in [0.1, 0.15) is 11.6 Å². The topological polar surface area (TPSA) is 61.3 Å². The fourth-order valence-corrected chi connectivity index (χ4v) is 4.70. The summed E-state index contributed by atoms with van der Waals surface area (Å²) in [5.41, 5.74) is 4.74. The quantitative estimate of drug-likeness (QED) is 0.635. The van der Waals surface area contributed by atoms with Gasteiger partial charge in [-0.15, -0.1) is 0 Å². The minimum Gasteiger partial charge on any atom is -0.508 e.